The van der Waals surface area contributed by atoms with Crippen LogP contribution in [-0.2, 0) is 4.79 Å². The Kier molecular flexibility index (Phi) is 4.45. The number of amides is 1. The van der Waals surface area contributed by atoms with Gasteiger partial charge in [-0.3, -0.25) is 4.79 Å². The van der Waals surface area contributed by atoms with E-state index < -0.39 is 0 Å². The Morgan fingerprint density at radius 1 is 1.64 bits per heavy atom. The molecule has 1 aliphatic rings. The predicted molar refractivity (Wildman–Crippen MR) is 47.0 cm³/mol. The fraction of sp³-hybridized carbons (Fsp3) is 0.857. The van der Waals surface area contributed by atoms with Crippen LogP contribution in [0.3, 0.4) is 0 Å². The molecule has 4 heteroatoms. The van der Waals surface area contributed by atoms with Crippen LogP contribution in [-0.4, -0.2) is 37.0 Å². The topological polar surface area (TPSA) is 32.3 Å². The van der Waals surface area contributed by atoms with E-state index in [1.165, 1.54) is 0 Å². The van der Waals surface area contributed by atoms with Gasteiger partial charge in [0.1, 0.15) is 0 Å². The number of carbonyl (C=O) groups excluding carboxylic acids is 1. The number of nitrogens with zero attached hydrogens (tertiary/aromatic N) is 1. The van der Waals surface area contributed by atoms with E-state index in [1.54, 1.807) is 11.8 Å². The summed E-state index contributed by atoms with van der Waals surface area (Å²) in [5, 5.41) is 3.21. The molecule has 0 radical (unpaired) electrons. The lowest BCUT2D eigenvalue weighted by Crippen LogP contribution is -2.36. The van der Waals surface area contributed by atoms with Crippen LogP contribution >= 0.6 is 12.4 Å². The summed E-state index contributed by atoms with van der Waals surface area (Å²) in [6, 6.07) is 0.428. The van der Waals surface area contributed by atoms with Gasteiger partial charge in [0.05, 0.1) is 0 Å². The van der Waals surface area contributed by atoms with Crippen molar-refractivity contribution in [1.82, 2.24) is 10.2 Å². The second-order valence-corrected chi connectivity index (χ2v) is 2.78. The number of hydrogen-bond donors (Lipinski definition) is 1. The van der Waals surface area contributed by atoms with Gasteiger partial charge in [-0.2, -0.15) is 0 Å². The van der Waals surface area contributed by atoms with E-state index in [1.807, 2.05) is 7.05 Å². The third kappa shape index (κ3) is 2.67. The van der Waals surface area contributed by atoms with Gasteiger partial charge < -0.3 is 10.2 Å². The molecule has 0 spiro atoms. The molecule has 0 bridgehead atoms. The van der Waals surface area contributed by atoms with Gasteiger partial charge in [-0.25, -0.2) is 0 Å². The van der Waals surface area contributed by atoms with Crippen LogP contribution in [0.1, 0.15) is 13.3 Å². The minimum Gasteiger partial charge on any atom is -0.342 e. The second kappa shape index (κ2) is 4.57. The molecular weight excluding hydrogens is 164 g/mol. The van der Waals surface area contributed by atoms with Crippen molar-refractivity contribution < 1.29 is 4.79 Å². The maximum Gasteiger partial charge on any atom is 0.219 e. The van der Waals surface area contributed by atoms with Gasteiger partial charge in [-0.15, -0.1) is 12.4 Å². The quantitative estimate of drug-likeness (QED) is 0.625. The third-order valence-electron chi connectivity index (χ3n) is 2.08. The van der Waals surface area contributed by atoms with Crippen molar-refractivity contribution in [2.24, 2.45) is 0 Å². The normalized spacial score (nSPS) is 22.5. The molecule has 1 saturated heterocycles. The highest BCUT2D eigenvalue weighted by atomic mass is 35.5. The molecule has 1 atom stereocenters. The van der Waals surface area contributed by atoms with Crippen LogP contribution in [0.4, 0.5) is 0 Å². The molecular formula is C7H15ClN2O. The zero-order valence-electron chi connectivity index (χ0n) is 6.96. The zero-order chi connectivity index (χ0) is 7.56. The van der Waals surface area contributed by atoms with Crippen molar-refractivity contribution in [1.29, 1.82) is 0 Å². The van der Waals surface area contributed by atoms with E-state index in [-0.39, 0.29) is 18.3 Å². The minimum absolute atomic E-state index is 0. The highest BCUT2D eigenvalue weighted by Gasteiger charge is 2.20. The van der Waals surface area contributed by atoms with Gasteiger partial charge >= 0.3 is 0 Å². The molecule has 0 aliphatic carbocycles. The molecule has 1 aliphatic heterocycles. The lowest BCUT2D eigenvalue weighted by atomic mass is 10.2. The summed E-state index contributed by atoms with van der Waals surface area (Å²) in [6.45, 7) is 3.61. The molecule has 1 amide bonds. The van der Waals surface area contributed by atoms with E-state index in [2.05, 4.69) is 5.32 Å². The van der Waals surface area contributed by atoms with Crippen LogP contribution < -0.4 is 5.32 Å². The van der Waals surface area contributed by atoms with E-state index in [0.29, 0.717) is 6.04 Å². The van der Waals surface area contributed by atoms with Gasteiger partial charge in [-0.05, 0) is 13.0 Å². The molecule has 66 valence electrons. The molecule has 3 nitrogen and oxygen atoms in total. The van der Waals surface area contributed by atoms with Gasteiger partial charge in [0.15, 0.2) is 0 Å². The zero-order valence-corrected chi connectivity index (χ0v) is 7.78. The molecule has 0 aromatic carbocycles. The highest BCUT2D eigenvalue weighted by Crippen LogP contribution is 2.05. The van der Waals surface area contributed by atoms with E-state index in [9.17, 15) is 4.79 Å². The maximum atomic E-state index is 10.8. The van der Waals surface area contributed by atoms with Crippen LogP contribution in [0.2, 0.25) is 0 Å². The Labute approximate surface area is 73.5 Å². The molecule has 1 fully saturated rings. The molecule has 0 aromatic heterocycles. The molecule has 1 heterocycles. The molecule has 11 heavy (non-hydrogen) atoms. The van der Waals surface area contributed by atoms with Crippen molar-refractivity contribution in [3.8, 4) is 0 Å². The Bertz CT molecular complexity index is 134. The molecule has 0 saturated carbocycles. The number of nitrogens with one attached hydrogen (secondary N) is 1. The number of hydrogen-bond acceptors (Lipinski definition) is 2. The molecule has 0 unspecified atom stereocenters. The van der Waals surface area contributed by atoms with Crippen molar-refractivity contribution in [2.75, 3.05) is 20.1 Å². The summed E-state index contributed by atoms with van der Waals surface area (Å²) in [7, 11) is 1.86. The molecule has 0 aromatic rings. The largest absolute Gasteiger partial charge is 0.342 e. The minimum atomic E-state index is 0. The van der Waals surface area contributed by atoms with E-state index in [4.69, 9.17) is 0 Å². The predicted octanol–water partition coefficient (Wildman–Crippen LogP) is 0.248. The fourth-order valence-electron chi connectivity index (χ4n) is 1.23. The van der Waals surface area contributed by atoms with E-state index in [0.717, 1.165) is 19.5 Å². The number of halogens is 1. The van der Waals surface area contributed by atoms with Crippen LogP contribution in [0.15, 0.2) is 0 Å². The third-order valence-corrected chi connectivity index (χ3v) is 2.08. The summed E-state index contributed by atoms with van der Waals surface area (Å²) < 4.78 is 0. The van der Waals surface area contributed by atoms with Crippen molar-refractivity contribution in [2.45, 2.75) is 19.4 Å². The second-order valence-electron chi connectivity index (χ2n) is 2.78. The SMILES string of the molecule is CC(=O)N(C)[C@@H]1CCNC1.Cl. The summed E-state index contributed by atoms with van der Waals surface area (Å²) in [5.74, 6) is 0.161. The lowest BCUT2D eigenvalue weighted by Gasteiger charge is -2.21. The summed E-state index contributed by atoms with van der Waals surface area (Å²) in [5.41, 5.74) is 0. The number of likely N-dealkylation sites (N-methyl/N-ethyl adjacent to an activating group) is 1. The first-order valence-corrected chi connectivity index (χ1v) is 3.66. The first-order valence-electron chi connectivity index (χ1n) is 3.66. The Hall–Kier alpha value is -0.280. The first kappa shape index (κ1) is 10.7. The molecule has 1 N–H and O–H groups in total. The lowest BCUT2D eigenvalue weighted by molar-refractivity contribution is -0.129. The van der Waals surface area contributed by atoms with Crippen LogP contribution in [0.5, 0.6) is 0 Å². The van der Waals surface area contributed by atoms with Gasteiger partial charge in [0.25, 0.3) is 0 Å². The van der Waals surface area contributed by atoms with Gasteiger partial charge in [-0.1, -0.05) is 0 Å². The highest BCUT2D eigenvalue weighted by molar-refractivity contribution is 5.85. The van der Waals surface area contributed by atoms with Crippen molar-refractivity contribution >= 4 is 18.3 Å². The summed E-state index contributed by atoms with van der Waals surface area (Å²) >= 11 is 0. The maximum absolute atomic E-state index is 10.8. The monoisotopic (exact) mass is 178 g/mol. The summed E-state index contributed by atoms with van der Waals surface area (Å²) in [6.07, 6.45) is 1.09. The number of rotatable bonds is 1. The first-order chi connectivity index (χ1) is 4.72. The van der Waals surface area contributed by atoms with E-state index >= 15 is 0 Å². The average Bonchev–Trinajstić information content (AvgIpc) is 2.36. The van der Waals surface area contributed by atoms with Gasteiger partial charge in [0.2, 0.25) is 5.91 Å². The molecule has 1 rings (SSSR count). The fourth-order valence-corrected chi connectivity index (χ4v) is 1.23. The van der Waals surface area contributed by atoms with Crippen molar-refractivity contribution in [3.63, 3.8) is 0 Å². The number of carbonyl (C=O) groups is 1. The van der Waals surface area contributed by atoms with Gasteiger partial charge in [0, 0.05) is 26.6 Å². The Morgan fingerprint density at radius 3 is 2.64 bits per heavy atom. The Balaban J connectivity index is 0.000001000. The standard InChI is InChI=1S/C7H14N2O.ClH/c1-6(10)9(2)7-3-4-8-5-7;/h7-8H,3-5H2,1-2H3;1H/t7-;/m1./s1. The average molecular weight is 179 g/mol. The Morgan fingerprint density at radius 2 is 2.27 bits per heavy atom. The van der Waals surface area contributed by atoms with Crippen LogP contribution in [0, 0.1) is 0 Å². The summed E-state index contributed by atoms with van der Waals surface area (Å²) in [4.78, 5) is 12.6. The van der Waals surface area contributed by atoms with Crippen LogP contribution in [0.25, 0.3) is 0 Å². The smallest absolute Gasteiger partial charge is 0.219 e. The van der Waals surface area contributed by atoms with Crippen molar-refractivity contribution in [3.05, 3.63) is 0 Å².